The van der Waals surface area contributed by atoms with Crippen molar-refractivity contribution in [3.63, 3.8) is 0 Å². The number of amides is 3. The Bertz CT molecular complexity index is 1770. The van der Waals surface area contributed by atoms with E-state index in [0.29, 0.717) is 19.3 Å². The Morgan fingerprint density at radius 3 is 2.63 bits per heavy atom. The van der Waals surface area contributed by atoms with Crippen LogP contribution in [0.4, 0.5) is 10.8 Å². The van der Waals surface area contributed by atoms with Crippen molar-refractivity contribution in [2.45, 2.75) is 38.3 Å². The van der Waals surface area contributed by atoms with E-state index in [-0.39, 0.29) is 50.6 Å². The van der Waals surface area contributed by atoms with Crippen LogP contribution in [0.1, 0.15) is 31.9 Å². The predicted molar refractivity (Wildman–Crippen MR) is 147 cm³/mol. The number of thiazole rings is 1. The first-order chi connectivity index (χ1) is 20.3. The quantitative estimate of drug-likeness (QED) is 0.0243. The van der Waals surface area contributed by atoms with Gasteiger partial charge in [0, 0.05) is 11.4 Å². The molecule has 1 aromatic carbocycles. The number of carbonyl (C=O) groups excluding carboxylic acids is 3. The standard InChI is InChI=1S/C23H25N7O11S2/c1-9-16(21(35)30(9)43(38,39)40)29-20(34)14(12-7-42-23(28-12)25-8-31)15-17-11(6-13(32)19(15)33)27-18(22(36)37)10(26-17)4-2-3-5-41-24/h6-9,16,27,32-33H,2-5,24H2,1H3,(H,29,34)(H,36,37)(H,25,28,31)(H,38,39,40). The molecule has 4 rings (SSSR count). The van der Waals surface area contributed by atoms with Crippen molar-refractivity contribution in [1.82, 2.24) is 14.6 Å². The highest BCUT2D eigenvalue weighted by Crippen LogP contribution is 2.29. The van der Waals surface area contributed by atoms with Crippen molar-refractivity contribution in [1.29, 1.82) is 0 Å². The smallest absolute Gasteiger partial charge is 0.362 e. The van der Waals surface area contributed by atoms with Gasteiger partial charge in [-0.25, -0.2) is 25.0 Å². The fourth-order valence-electron chi connectivity index (χ4n) is 4.51. The number of hydrogen-bond donors (Lipinski definition) is 8. The lowest BCUT2D eigenvalue weighted by atomic mass is 9.99. The fraction of sp³-hybridized carbons (Fsp3) is 0.304. The van der Waals surface area contributed by atoms with Crippen molar-refractivity contribution in [3.8, 4) is 11.5 Å². The second-order valence-corrected chi connectivity index (χ2v) is 11.3. The number of nitrogens with one attached hydrogen (secondary N) is 3. The molecule has 2 unspecified atom stereocenters. The van der Waals surface area contributed by atoms with Crippen LogP contribution in [0.3, 0.4) is 0 Å². The van der Waals surface area contributed by atoms with Gasteiger partial charge in [-0.2, -0.15) is 8.42 Å². The largest absolute Gasteiger partial charge is 0.504 e. The number of rotatable bonds is 12. The van der Waals surface area contributed by atoms with E-state index in [4.69, 9.17) is 5.90 Å². The maximum Gasteiger partial charge on any atom is 0.362 e. The highest BCUT2D eigenvalue weighted by atomic mass is 32.2. The Labute approximate surface area is 246 Å². The van der Waals surface area contributed by atoms with E-state index >= 15 is 0 Å². The number of nitrogens with two attached hydrogens (primary N) is 1. The average Bonchev–Trinajstić information content (AvgIpc) is 3.39. The molecule has 1 fully saturated rings. The molecule has 0 aliphatic carbocycles. The van der Waals surface area contributed by atoms with Crippen LogP contribution in [0.25, 0.3) is 5.57 Å². The van der Waals surface area contributed by atoms with Crippen LogP contribution in [0.2, 0.25) is 0 Å². The minimum atomic E-state index is -4.91. The minimum absolute atomic E-state index is 0.0243. The van der Waals surface area contributed by atoms with Crippen molar-refractivity contribution < 1.29 is 52.3 Å². The first kappa shape index (κ1) is 31.3. The van der Waals surface area contributed by atoms with E-state index in [1.807, 2.05) is 0 Å². The van der Waals surface area contributed by atoms with Crippen LogP contribution >= 0.6 is 11.3 Å². The molecule has 2 aromatic rings. The van der Waals surface area contributed by atoms with E-state index in [9.17, 15) is 47.5 Å². The van der Waals surface area contributed by atoms with Gasteiger partial charge in [0.15, 0.2) is 16.6 Å². The number of nitrogens with zero attached hydrogens (tertiary/aromatic N) is 3. The van der Waals surface area contributed by atoms with Crippen molar-refractivity contribution in [2.75, 3.05) is 17.2 Å². The zero-order valence-corrected chi connectivity index (χ0v) is 23.7. The van der Waals surface area contributed by atoms with Crippen LogP contribution in [0.5, 0.6) is 11.5 Å². The Balaban J connectivity index is 1.95. The van der Waals surface area contributed by atoms with Crippen molar-refractivity contribution in [2.24, 2.45) is 10.9 Å². The van der Waals surface area contributed by atoms with Gasteiger partial charge < -0.3 is 36.1 Å². The molecule has 3 amide bonds. The number of phenols is 2. The molecule has 43 heavy (non-hydrogen) atoms. The third-order valence-corrected chi connectivity index (χ3v) is 8.26. The number of benzene rings is 1. The zero-order valence-electron chi connectivity index (χ0n) is 22.1. The normalized spacial score (nSPS) is 18.6. The van der Waals surface area contributed by atoms with Crippen LogP contribution < -0.4 is 32.4 Å². The van der Waals surface area contributed by atoms with Gasteiger partial charge in [-0.05, 0) is 26.2 Å². The SMILES string of the molecule is CC1C(NC(=O)C(c2csc(NC=O)n2)=c2c(O)c(O)cc3c2=NC(CCCCON)=C(C(=O)O)N3)C(=O)N1S(=O)(=O)O. The molecule has 0 radical (unpaired) electrons. The molecule has 0 saturated carbocycles. The summed E-state index contributed by atoms with van der Waals surface area (Å²) in [6.45, 7) is 1.44. The van der Waals surface area contributed by atoms with E-state index in [0.717, 1.165) is 17.4 Å². The number of aliphatic carboxylic acids is 1. The van der Waals surface area contributed by atoms with E-state index in [1.54, 1.807) is 0 Å². The Morgan fingerprint density at radius 1 is 1.30 bits per heavy atom. The summed E-state index contributed by atoms with van der Waals surface area (Å²) in [5, 5.41) is 39.4. The van der Waals surface area contributed by atoms with Crippen molar-refractivity contribution >= 4 is 62.2 Å². The Hall–Kier alpha value is -4.63. The number of phenolic OH excluding ortho intramolecular Hbond substituents is 2. The number of carbonyl (C=O) groups is 4. The molecule has 0 spiro atoms. The summed E-state index contributed by atoms with van der Waals surface area (Å²) in [6.07, 6.45) is 1.26. The first-order valence-electron chi connectivity index (χ1n) is 12.3. The van der Waals surface area contributed by atoms with E-state index < -0.39 is 62.5 Å². The number of aromatic nitrogens is 1. The molecule has 1 saturated heterocycles. The summed E-state index contributed by atoms with van der Waals surface area (Å²) in [6, 6.07) is -1.63. The Kier molecular flexibility index (Phi) is 8.96. The number of fused-ring (bicyclic) bond motifs is 1. The Morgan fingerprint density at radius 2 is 2.02 bits per heavy atom. The van der Waals surface area contributed by atoms with Gasteiger partial charge >= 0.3 is 16.3 Å². The summed E-state index contributed by atoms with van der Waals surface area (Å²) in [4.78, 5) is 62.3. The average molecular weight is 640 g/mol. The number of anilines is 2. The molecular weight excluding hydrogens is 614 g/mol. The summed E-state index contributed by atoms with van der Waals surface area (Å²) >= 11 is 0.885. The zero-order chi connectivity index (χ0) is 31.6. The number of β-lactam (4-membered cyclic amide) rings is 1. The molecular formula is C23H25N7O11S2. The summed E-state index contributed by atoms with van der Waals surface area (Å²) < 4.78 is 32.5. The topological polar surface area (TPSA) is 283 Å². The summed E-state index contributed by atoms with van der Waals surface area (Å²) in [7, 11) is -4.91. The highest BCUT2D eigenvalue weighted by Gasteiger charge is 2.51. The number of hydrogen-bond acceptors (Lipinski definition) is 14. The summed E-state index contributed by atoms with van der Waals surface area (Å²) in [5.74, 6) is -0.192. The second kappa shape index (κ2) is 12.3. The maximum absolute atomic E-state index is 13.8. The summed E-state index contributed by atoms with van der Waals surface area (Å²) in [5.41, 5.74) is -1.03. The molecule has 9 N–H and O–H groups in total. The molecule has 18 nitrogen and oxygen atoms in total. The van der Waals surface area contributed by atoms with Crippen LogP contribution in [-0.4, -0.2) is 80.5 Å². The van der Waals surface area contributed by atoms with Gasteiger partial charge in [-0.15, -0.1) is 11.3 Å². The lowest BCUT2D eigenvalue weighted by Crippen LogP contribution is -2.70. The molecule has 20 heteroatoms. The molecule has 2 atom stereocenters. The fourth-order valence-corrected chi connectivity index (χ4v) is 6.05. The third-order valence-electron chi connectivity index (χ3n) is 6.48. The highest BCUT2D eigenvalue weighted by molar-refractivity contribution is 7.84. The molecule has 0 bridgehead atoms. The van der Waals surface area contributed by atoms with E-state index in [2.05, 4.69) is 30.8 Å². The van der Waals surface area contributed by atoms with Gasteiger partial charge in [0.1, 0.15) is 11.7 Å². The van der Waals surface area contributed by atoms with Gasteiger partial charge in [-0.1, -0.05) is 0 Å². The lowest BCUT2D eigenvalue weighted by molar-refractivity contribution is -0.144. The monoisotopic (exact) mass is 639 g/mol. The number of aromatic hydroxyl groups is 2. The molecule has 1 aromatic heterocycles. The number of allylic oxidation sites excluding steroid dienone is 1. The van der Waals surface area contributed by atoms with Gasteiger partial charge in [0.05, 0.1) is 45.9 Å². The predicted octanol–water partition coefficient (Wildman–Crippen LogP) is -1.76. The first-order valence-corrected chi connectivity index (χ1v) is 14.6. The molecule has 2 aliphatic heterocycles. The van der Waals surface area contributed by atoms with Gasteiger partial charge in [0.25, 0.3) is 11.8 Å². The van der Waals surface area contributed by atoms with Crippen molar-refractivity contribution in [3.05, 3.63) is 39.1 Å². The van der Waals surface area contributed by atoms with Gasteiger partial charge in [0.2, 0.25) is 6.41 Å². The van der Waals surface area contributed by atoms with Crippen LogP contribution in [-0.2, 0) is 34.3 Å². The molecule has 230 valence electrons. The van der Waals surface area contributed by atoms with Crippen LogP contribution in [0.15, 0.2) is 27.8 Å². The third kappa shape index (κ3) is 6.12. The maximum atomic E-state index is 13.8. The van der Waals surface area contributed by atoms with Gasteiger partial charge in [-0.3, -0.25) is 18.9 Å². The van der Waals surface area contributed by atoms with E-state index in [1.165, 1.54) is 12.3 Å². The lowest BCUT2D eigenvalue weighted by Gasteiger charge is -2.42. The number of carboxylic acid groups (broad SMARTS) is 1. The minimum Gasteiger partial charge on any atom is -0.504 e. The second-order valence-electron chi connectivity index (χ2n) is 9.19. The molecule has 3 heterocycles. The number of unbranched alkanes of at least 4 members (excludes halogenated alkanes) is 1. The van der Waals surface area contributed by atoms with Crippen LogP contribution in [0, 0.1) is 0 Å². The number of carboxylic acids is 1. The molecule has 2 aliphatic rings.